The zero-order valence-electron chi connectivity index (χ0n) is 16.2. The molecule has 0 aliphatic heterocycles. The Bertz CT molecular complexity index is 1060. The third-order valence-corrected chi connectivity index (χ3v) is 4.50. The Hall–Kier alpha value is -3.32. The van der Waals surface area contributed by atoms with Gasteiger partial charge in [-0.2, -0.15) is 0 Å². The van der Waals surface area contributed by atoms with Crippen LogP contribution in [0.3, 0.4) is 0 Å². The Kier molecular flexibility index (Phi) is 6.74. The van der Waals surface area contributed by atoms with E-state index in [0.29, 0.717) is 17.2 Å². The van der Waals surface area contributed by atoms with Crippen LogP contribution < -0.4 is 20.1 Å². The molecule has 0 saturated carbocycles. The molecule has 30 heavy (non-hydrogen) atoms. The number of hydrogen-bond donors (Lipinski definition) is 2. The van der Waals surface area contributed by atoms with Crippen molar-refractivity contribution in [2.24, 2.45) is 0 Å². The van der Waals surface area contributed by atoms with E-state index < -0.39 is 23.6 Å². The zero-order valence-corrected chi connectivity index (χ0v) is 17.0. The van der Waals surface area contributed by atoms with E-state index in [4.69, 9.17) is 21.1 Å². The number of carbonyl (C=O) groups is 1. The first-order valence-electron chi connectivity index (χ1n) is 9.00. The Morgan fingerprint density at radius 3 is 2.40 bits per heavy atom. The Labute approximate surface area is 177 Å². The summed E-state index contributed by atoms with van der Waals surface area (Å²) in [5.74, 6) is -0.666. The Morgan fingerprint density at radius 2 is 1.73 bits per heavy atom. The molecule has 2 N–H and O–H groups in total. The second kappa shape index (κ2) is 9.45. The van der Waals surface area contributed by atoms with Crippen LogP contribution in [0, 0.1) is 11.6 Å². The number of nitrogens with one attached hydrogen (secondary N) is 2. The van der Waals surface area contributed by atoms with Crippen molar-refractivity contribution in [2.45, 2.75) is 13.0 Å². The van der Waals surface area contributed by atoms with Crippen molar-refractivity contribution in [2.75, 3.05) is 17.7 Å². The maximum Gasteiger partial charge on any atom is 0.246 e. The number of benzene rings is 3. The topological polar surface area (TPSA) is 59.6 Å². The lowest BCUT2D eigenvalue weighted by molar-refractivity contribution is -0.116. The molecule has 8 heteroatoms. The molecular formula is C22H19ClF2N2O3. The normalized spacial score (nSPS) is 11.5. The molecule has 156 valence electrons. The van der Waals surface area contributed by atoms with E-state index in [0.717, 1.165) is 6.07 Å². The van der Waals surface area contributed by atoms with E-state index in [2.05, 4.69) is 10.6 Å². The summed E-state index contributed by atoms with van der Waals surface area (Å²) in [6.45, 7) is 1.60. The first-order chi connectivity index (χ1) is 14.4. The molecule has 5 nitrogen and oxygen atoms in total. The molecule has 0 fully saturated rings. The lowest BCUT2D eigenvalue weighted by Gasteiger charge is -2.17. The van der Waals surface area contributed by atoms with Crippen LogP contribution in [0.15, 0.2) is 60.7 Å². The van der Waals surface area contributed by atoms with Gasteiger partial charge in [0.15, 0.2) is 23.1 Å². The standard InChI is InChI=1S/C22H19ClF2N2O3/c1-13(22(28)27-18-9-7-14(24)11-16(18)23)26-15-8-10-19(17(25)12-15)30-21-6-4-3-5-20(21)29-2/h3-13,26H,1-2H3,(H,27,28). The molecular weight excluding hydrogens is 414 g/mol. The molecule has 0 aromatic heterocycles. The first-order valence-corrected chi connectivity index (χ1v) is 9.38. The molecule has 0 heterocycles. The monoisotopic (exact) mass is 432 g/mol. The number of para-hydroxylation sites is 2. The number of ether oxygens (including phenoxy) is 2. The van der Waals surface area contributed by atoms with Gasteiger partial charge in [-0.1, -0.05) is 23.7 Å². The molecule has 3 aromatic rings. The van der Waals surface area contributed by atoms with Gasteiger partial charge in [-0.05, 0) is 49.4 Å². The zero-order chi connectivity index (χ0) is 21.7. The van der Waals surface area contributed by atoms with E-state index in [1.165, 1.54) is 31.4 Å². The van der Waals surface area contributed by atoms with Gasteiger partial charge in [-0.3, -0.25) is 4.79 Å². The molecule has 3 aromatic carbocycles. The summed E-state index contributed by atoms with van der Waals surface area (Å²) in [4.78, 5) is 12.4. The molecule has 1 unspecified atom stereocenters. The summed E-state index contributed by atoms with van der Waals surface area (Å²) in [7, 11) is 1.50. The number of amides is 1. The summed E-state index contributed by atoms with van der Waals surface area (Å²) in [5, 5.41) is 5.58. The number of anilines is 2. The second-order valence-corrected chi connectivity index (χ2v) is 6.78. The van der Waals surface area contributed by atoms with Crippen molar-refractivity contribution in [3.8, 4) is 17.2 Å². The van der Waals surface area contributed by atoms with Crippen LogP contribution in [-0.4, -0.2) is 19.1 Å². The lowest BCUT2D eigenvalue weighted by atomic mass is 10.2. The Morgan fingerprint density at radius 1 is 1.00 bits per heavy atom. The van der Waals surface area contributed by atoms with Crippen LogP contribution >= 0.6 is 11.6 Å². The average Bonchev–Trinajstić information content (AvgIpc) is 2.72. The highest BCUT2D eigenvalue weighted by Crippen LogP contribution is 2.33. The van der Waals surface area contributed by atoms with Crippen molar-refractivity contribution in [1.29, 1.82) is 0 Å². The van der Waals surface area contributed by atoms with Gasteiger partial charge in [0.25, 0.3) is 0 Å². The van der Waals surface area contributed by atoms with Gasteiger partial charge in [-0.15, -0.1) is 0 Å². The number of rotatable bonds is 7. The van der Waals surface area contributed by atoms with Crippen LogP contribution in [0.25, 0.3) is 0 Å². The quantitative estimate of drug-likeness (QED) is 0.491. The molecule has 0 bridgehead atoms. The summed E-state index contributed by atoms with van der Waals surface area (Å²) in [5.41, 5.74) is 0.663. The van der Waals surface area contributed by atoms with Crippen LogP contribution in [0.1, 0.15) is 6.92 Å². The van der Waals surface area contributed by atoms with Crippen molar-refractivity contribution < 1.29 is 23.0 Å². The van der Waals surface area contributed by atoms with Crippen molar-refractivity contribution in [3.05, 3.63) is 77.3 Å². The summed E-state index contributed by atoms with van der Waals surface area (Å²) in [6.07, 6.45) is 0. The van der Waals surface area contributed by atoms with E-state index in [9.17, 15) is 13.6 Å². The van der Waals surface area contributed by atoms with Gasteiger partial charge in [0, 0.05) is 11.8 Å². The minimum atomic E-state index is -0.716. The summed E-state index contributed by atoms with van der Waals surface area (Å²) < 4.78 is 38.4. The lowest BCUT2D eigenvalue weighted by Crippen LogP contribution is -2.32. The van der Waals surface area contributed by atoms with Gasteiger partial charge in [0.2, 0.25) is 5.91 Å². The third-order valence-electron chi connectivity index (χ3n) is 4.19. The number of carbonyl (C=O) groups excluding carboxylic acids is 1. The summed E-state index contributed by atoms with van der Waals surface area (Å²) in [6, 6.07) is 14.1. The molecule has 0 aliphatic carbocycles. The fourth-order valence-electron chi connectivity index (χ4n) is 2.64. The molecule has 0 spiro atoms. The highest BCUT2D eigenvalue weighted by Gasteiger charge is 2.16. The van der Waals surface area contributed by atoms with E-state index in [-0.39, 0.29) is 16.5 Å². The maximum atomic E-state index is 14.5. The van der Waals surface area contributed by atoms with Gasteiger partial charge in [0.1, 0.15) is 11.9 Å². The van der Waals surface area contributed by atoms with Gasteiger partial charge in [0.05, 0.1) is 17.8 Å². The fourth-order valence-corrected chi connectivity index (χ4v) is 2.86. The maximum absolute atomic E-state index is 14.5. The second-order valence-electron chi connectivity index (χ2n) is 6.38. The Balaban J connectivity index is 1.66. The predicted octanol–water partition coefficient (Wildman–Crippen LogP) is 5.86. The predicted molar refractivity (Wildman–Crippen MR) is 113 cm³/mol. The molecule has 0 saturated heterocycles. The van der Waals surface area contributed by atoms with Crippen molar-refractivity contribution in [1.82, 2.24) is 0 Å². The van der Waals surface area contributed by atoms with E-state index in [1.807, 2.05) is 0 Å². The highest BCUT2D eigenvalue weighted by atomic mass is 35.5. The van der Waals surface area contributed by atoms with Crippen molar-refractivity contribution in [3.63, 3.8) is 0 Å². The van der Waals surface area contributed by atoms with E-state index >= 15 is 0 Å². The molecule has 1 amide bonds. The fraction of sp³-hybridized carbons (Fsp3) is 0.136. The molecule has 3 rings (SSSR count). The number of methoxy groups -OCH3 is 1. The van der Waals surface area contributed by atoms with Crippen LogP contribution in [0.4, 0.5) is 20.2 Å². The van der Waals surface area contributed by atoms with Gasteiger partial charge >= 0.3 is 0 Å². The van der Waals surface area contributed by atoms with Crippen LogP contribution in [0.2, 0.25) is 5.02 Å². The van der Waals surface area contributed by atoms with Crippen LogP contribution in [0.5, 0.6) is 17.2 Å². The number of hydrogen-bond acceptors (Lipinski definition) is 4. The summed E-state index contributed by atoms with van der Waals surface area (Å²) >= 11 is 5.92. The largest absolute Gasteiger partial charge is 0.493 e. The first kappa shape index (κ1) is 21.4. The highest BCUT2D eigenvalue weighted by molar-refractivity contribution is 6.33. The molecule has 1 atom stereocenters. The minimum absolute atomic E-state index is 0.0141. The molecule has 0 radical (unpaired) electrons. The third kappa shape index (κ3) is 5.18. The average molecular weight is 433 g/mol. The minimum Gasteiger partial charge on any atom is -0.493 e. The number of halogens is 3. The molecule has 0 aliphatic rings. The van der Waals surface area contributed by atoms with E-state index in [1.54, 1.807) is 37.3 Å². The van der Waals surface area contributed by atoms with Gasteiger partial charge in [-0.25, -0.2) is 8.78 Å². The van der Waals surface area contributed by atoms with Gasteiger partial charge < -0.3 is 20.1 Å². The van der Waals surface area contributed by atoms with Crippen molar-refractivity contribution >= 4 is 28.9 Å². The smallest absolute Gasteiger partial charge is 0.246 e. The van der Waals surface area contributed by atoms with Crippen LogP contribution in [-0.2, 0) is 4.79 Å². The SMILES string of the molecule is COc1ccccc1Oc1ccc(NC(C)C(=O)Nc2ccc(F)cc2Cl)cc1F.